The van der Waals surface area contributed by atoms with E-state index in [1.165, 1.54) is 12.1 Å². The van der Waals surface area contributed by atoms with Crippen LogP contribution in [0.15, 0.2) is 12.1 Å². The molecular weight excluding hydrogens is 270 g/mol. The summed E-state index contributed by atoms with van der Waals surface area (Å²) in [5.41, 5.74) is -0.314. The van der Waals surface area contributed by atoms with Crippen LogP contribution in [0.25, 0.3) is 0 Å². The number of aromatic nitrogens is 1. The molecule has 0 atom stereocenters. The summed E-state index contributed by atoms with van der Waals surface area (Å²) in [4.78, 5) is 26.3. The first-order chi connectivity index (χ1) is 8.67. The zero-order valence-electron chi connectivity index (χ0n) is 11.0. The Bertz CT molecular complexity index is 497. The monoisotopic (exact) mass is 285 g/mol. The summed E-state index contributed by atoms with van der Waals surface area (Å²) >= 11 is 5.70. The molecule has 3 N–H and O–H groups in total. The van der Waals surface area contributed by atoms with Crippen molar-refractivity contribution in [1.82, 2.24) is 10.3 Å². The van der Waals surface area contributed by atoms with Gasteiger partial charge < -0.3 is 15.7 Å². The van der Waals surface area contributed by atoms with Gasteiger partial charge in [0.15, 0.2) is 0 Å². The Morgan fingerprint density at radius 3 is 2.53 bits per heavy atom. The Hall–Kier alpha value is -1.82. The van der Waals surface area contributed by atoms with Crippen LogP contribution in [0.3, 0.4) is 0 Å². The zero-order chi connectivity index (χ0) is 14.6. The largest absolute Gasteiger partial charge is 0.478 e. The number of nitrogens with zero attached hydrogens (tertiary/aromatic N) is 1. The van der Waals surface area contributed by atoms with Gasteiger partial charge in [0.25, 0.3) is 0 Å². The van der Waals surface area contributed by atoms with Crippen molar-refractivity contribution < 1.29 is 14.7 Å². The number of halogens is 1. The molecule has 7 heteroatoms. The van der Waals surface area contributed by atoms with Crippen molar-refractivity contribution in [3.63, 3.8) is 0 Å². The number of carboxylic acid groups (broad SMARTS) is 1. The van der Waals surface area contributed by atoms with Crippen LogP contribution in [0.1, 0.15) is 31.1 Å². The van der Waals surface area contributed by atoms with E-state index in [0.29, 0.717) is 0 Å². The zero-order valence-corrected chi connectivity index (χ0v) is 11.7. The maximum Gasteiger partial charge on any atom is 0.335 e. The SMILES string of the molecule is CC(C)(C)NC(=O)CNc1cc(C(=O)O)cc(Cl)n1. The number of nitrogens with one attached hydrogen (secondary N) is 2. The smallest absolute Gasteiger partial charge is 0.335 e. The minimum atomic E-state index is -1.11. The highest BCUT2D eigenvalue weighted by Crippen LogP contribution is 2.14. The molecule has 1 amide bonds. The molecule has 104 valence electrons. The highest BCUT2D eigenvalue weighted by Gasteiger charge is 2.14. The third-order valence-electron chi connectivity index (χ3n) is 1.99. The van der Waals surface area contributed by atoms with Crippen molar-refractivity contribution in [3.8, 4) is 0 Å². The Balaban J connectivity index is 2.68. The number of anilines is 1. The third kappa shape index (κ3) is 5.56. The fraction of sp³-hybridized carbons (Fsp3) is 0.417. The number of aromatic carboxylic acids is 1. The van der Waals surface area contributed by atoms with Crippen molar-refractivity contribution in [3.05, 3.63) is 22.8 Å². The Morgan fingerprint density at radius 2 is 2.00 bits per heavy atom. The van der Waals surface area contributed by atoms with Gasteiger partial charge in [0, 0.05) is 5.54 Å². The van der Waals surface area contributed by atoms with E-state index in [4.69, 9.17) is 16.7 Å². The van der Waals surface area contributed by atoms with Crippen LogP contribution in [0, 0.1) is 0 Å². The van der Waals surface area contributed by atoms with Crippen LogP contribution in [0.5, 0.6) is 0 Å². The second-order valence-electron chi connectivity index (χ2n) is 5.02. The lowest BCUT2D eigenvalue weighted by molar-refractivity contribution is -0.120. The van der Waals surface area contributed by atoms with E-state index in [1.54, 1.807) is 0 Å². The number of hydrogen-bond donors (Lipinski definition) is 3. The molecule has 0 aliphatic carbocycles. The predicted octanol–water partition coefficient (Wildman–Crippen LogP) is 1.76. The first-order valence-electron chi connectivity index (χ1n) is 5.63. The van der Waals surface area contributed by atoms with Crippen molar-refractivity contribution in [2.45, 2.75) is 26.3 Å². The normalized spacial score (nSPS) is 10.9. The van der Waals surface area contributed by atoms with Gasteiger partial charge in [-0.15, -0.1) is 0 Å². The van der Waals surface area contributed by atoms with Gasteiger partial charge in [-0.25, -0.2) is 9.78 Å². The van der Waals surface area contributed by atoms with Gasteiger partial charge in [-0.2, -0.15) is 0 Å². The molecule has 0 bridgehead atoms. The molecular formula is C12H16ClN3O3. The summed E-state index contributed by atoms with van der Waals surface area (Å²) in [6.07, 6.45) is 0. The van der Waals surface area contributed by atoms with Gasteiger partial charge in [-0.05, 0) is 32.9 Å². The number of amides is 1. The topological polar surface area (TPSA) is 91.3 Å². The molecule has 0 saturated carbocycles. The molecule has 0 saturated heterocycles. The highest BCUT2D eigenvalue weighted by atomic mass is 35.5. The van der Waals surface area contributed by atoms with E-state index in [1.807, 2.05) is 20.8 Å². The molecule has 6 nitrogen and oxygen atoms in total. The average molecular weight is 286 g/mol. The molecule has 0 spiro atoms. The quantitative estimate of drug-likeness (QED) is 0.733. The number of rotatable bonds is 4. The third-order valence-corrected chi connectivity index (χ3v) is 2.18. The predicted molar refractivity (Wildman–Crippen MR) is 72.6 cm³/mol. The number of carbonyl (C=O) groups is 2. The summed E-state index contributed by atoms with van der Waals surface area (Å²) in [6, 6.07) is 2.56. The maximum absolute atomic E-state index is 11.6. The number of carbonyl (C=O) groups excluding carboxylic acids is 1. The van der Waals surface area contributed by atoms with Crippen LogP contribution in [-0.2, 0) is 4.79 Å². The first kappa shape index (κ1) is 15.2. The second kappa shape index (κ2) is 5.88. The Morgan fingerprint density at radius 1 is 1.37 bits per heavy atom. The van der Waals surface area contributed by atoms with Gasteiger partial charge in [0.1, 0.15) is 11.0 Å². The average Bonchev–Trinajstić information content (AvgIpc) is 2.23. The first-order valence-corrected chi connectivity index (χ1v) is 6.01. The van der Waals surface area contributed by atoms with Gasteiger partial charge in [-0.1, -0.05) is 11.6 Å². The molecule has 0 aromatic carbocycles. The summed E-state index contributed by atoms with van der Waals surface area (Å²) in [6.45, 7) is 5.59. The van der Waals surface area contributed by atoms with E-state index in [-0.39, 0.29) is 34.5 Å². The number of hydrogen-bond acceptors (Lipinski definition) is 4. The fourth-order valence-corrected chi connectivity index (χ4v) is 1.55. The number of pyridine rings is 1. The minimum absolute atomic E-state index is 0.0102. The van der Waals surface area contributed by atoms with Gasteiger partial charge >= 0.3 is 5.97 Å². The molecule has 1 aromatic heterocycles. The van der Waals surface area contributed by atoms with Crippen LogP contribution >= 0.6 is 11.6 Å². The molecule has 19 heavy (non-hydrogen) atoms. The van der Waals surface area contributed by atoms with Crippen LogP contribution in [0.2, 0.25) is 5.15 Å². The van der Waals surface area contributed by atoms with E-state index in [0.717, 1.165) is 0 Å². The lowest BCUT2D eigenvalue weighted by atomic mass is 10.1. The second-order valence-corrected chi connectivity index (χ2v) is 5.41. The lowest BCUT2D eigenvalue weighted by Crippen LogP contribution is -2.43. The molecule has 0 unspecified atom stereocenters. The minimum Gasteiger partial charge on any atom is -0.478 e. The summed E-state index contributed by atoms with van der Waals surface area (Å²) in [5.74, 6) is -1.08. The number of carboxylic acids is 1. The molecule has 0 radical (unpaired) electrons. The summed E-state index contributed by atoms with van der Waals surface area (Å²) in [7, 11) is 0. The molecule has 0 aliphatic rings. The van der Waals surface area contributed by atoms with Crippen molar-refractivity contribution >= 4 is 29.3 Å². The van der Waals surface area contributed by atoms with Gasteiger partial charge in [-0.3, -0.25) is 4.79 Å². The van der Waals surface area contributed by atoms with Gasteiger partial charge in [0.2, 0.25) is 5.91 Å². The van der Waals surface area contributed by atoms with E-state index in [2.05, 4.69) is 15.6 Å². The molecule has 1 aromatic rings. The van der Waals surface area contributed by atoms with Crippen LogP contribution in [0.4, 0.5) is 5.82 Å². The van der Waals surface area contributed by atoms with Crippen LogP contribution in [-0.4, -0.2) is 34.1 Å². The highest BCUT2D eigenvalue weighted by molar-refractivity contribution is 6.29. The van der Waals surface area contributed by atoms with Gasteiger partial charge in [0.05, 0.1) is 12.1 Å². The van der Waals surface area contributed by atoms with Crippen LogP contribution < -0.4 is 10.6 Å². The Kier molecular flexibility index (Phi) is 4.72. The summed E-state index contributed by atoms with van der Waals surface area (Å²) in [5, 5.41) is 14.4. The summed E-state index contributed by atoms with van der Waals surface area (Å²) < 4.78 is 0. The van der Waals surface area contributed by atoms with Crippen molar-refractivity contribution in [2.75, 3.05) is 11.9 Å². The molecule has 0 aliphatic heterocycles. The van der Waals surface area contributed by atoms with E-state index < -0.39 is 5.97 Å². The van der Waals surface area contributed by atoms with E-state index in [9.17, 15) is 9.59 Å². The Labute approximate surface area is 116 Å². The maximum atomic E-state index is 11.6. The molecule has 1 heterocycles. The van der Waals surface area contributed by atoms with Crippen molar-refractivity contribution in [1.29, 1.82) is 0 Å². The lowest BCUT2D eigenvalue weighted by Gasteiger charge is -2.20. The molecule has 1 rings (SSSR count). The van der Waals surface area contributed by atoms with E-state index >= 15 is 0 Å². The fourth-order valence-electron chi connectivity index (χ4n) is 1.34. The van der Waals surface area contributed by atoms with Crippen molar-refractivity contribution in [2.24, 2.45) is 0 Å². The molecule has 0 fully saturated rings. The standard InChI is InChI=1S/C12H16ClN3O3/c1-12(2,3)16-10(17)6-14-9-5-7(11(18)19)4-8(13)15-9/h4-5H,6H2,1-3H3,(H,14,15)(H,16,17)(H,18,19).